The molecule has 0 saturated heterocycles. The first kappa shape index (κ1) is 18.5. The van der Waals surface area contributed by atoms with E-state index in [4.69, 9.17) is 36.7 Å². The van der Waals surface area contributed by atoms with Gasteiger partial charge >= 0.3 is 0 Å². The van der Waals surface area contributed by atoms with Crippen LogP contribution in [0.3, 0.4) is 0 Å². The van der Waals surface area contributed by atoms with Crippen LogP contribution >= 0.6 is 11.6 Å². The summed E-state index contributed by atoms with van der Waals surface area (Å²) >= 11 is 6.38. The normalized spacial score (nSPS) is 12.2. The number of nitrogens with zero attached hydrogens (tertiary/aromatic N) is 2. The van der Waals surface area contributed by atoms with E-state index in [0.717, 1.165) is 16.8 Å². The van der Waals surface area contributed by atoms with Crippen LogP contribution in [0.4, 0.5) is 5.82 Å². The molecule has 8 heteroatoms. The van der Waals surface area contributed by atoms with Crippen molar-refractivity contribution in [1.29, 1.82) is 5.26 Å². The molecule has 1 aromatic carbocycles. The summed E-state index contributed by atoms with van der Waals surface area (Å²) in [4.78, 5) is 12.7. The van der Waals surface area contributed by atoms with Gasteiger partial charge in [0.05, 0.1) is 31.0 Å². The number of hydrogen-bond acceptors (Lipinski definition) is 6. The van der Waals surface area contributed by atoms with Crippen LogP contribution in [-0.4, -0.2) is 30.3 Å². The predicted molar refractivity (Wildman–Crippen MR) is 92.4 cm³/mol. The maximum Gasteiger partial charge on any atom is 0.290 e. The summed E-state index contributed by atoms with van der Waals surface area (Å²) in [7, 11) is 1.58. The lowest BCUT2D eigenvalue weighted by Gasteiger charge is -2.22. The molecule has 3 rings (SSSR count). The van der Waals surface area contributed by atoms with Crippen molar-refractivity contribution in [3.8, 4) is 22.9 Å². The van der Waals surface area contributed by atoms with E-state index in [2.05, 4.69) is 11.1 Å². The number of nitrogen functional groups attached to an aromatic ring is 1. The number of ether oxygens (including phenoxy) is 2. The number of hydrogen-bond donors (Lipinski definition) is 2. The molecule has 3 N–H and O–H groups in total. The predicted octanol–water partition coefficient (Wildman–Crippen LogP) is 2.64. The lowest BCUT2D eigenvalue weighted by atomic mass is 9.92. The van der Waals surface area contributed by atoms with Gasteiger partial charge in [-0.25, -0.2) is 4.98 Å². The van der Waals surface area contributed by atoms with Gasteiger partial charge in [0, 0.05) is 23.1 Å². The van der Waals surface area contributed by atoms with E-state index in [9.17, 15) is 5.26 Å². The van der Waals surface area contributed by atoms with E-state index in [-0.39, 0.29) is 12.3 Å². The zero-order valence-electron chi connectivity index (χ0n) is 13.5. The number of nitriles is 1. The lowest BCUT2D eigenvalue weighted by Crippen LogP contribution is -2.16. The van der Waals surface area contributed by atoms with Crippen LogP contribution in [-0.2, 0) is 22.6 Å². The largest absolute Gasteiger partial charge is 0.497 e. The average Bonchev–Trinajstić information content (AvgIpc) is 2.61. The standard InChI is InChI=1S/C16H14ClN3O2.CH2O2/c1-21-9-2-3-10(13(17)6-9)15-11(7-18)16(19)20-14-4-5-22-8-12(14)15;2-1-3/h2-3,6H,4-5,8H2,1H3,(H2,19,20);1H,(H,2,3). The Labute approximate surface area is 149 Å². The van der Waals surface area contributed by atoms with Gasteiger partial charge in [0.25, 0.3) is 6.47 Å². The summed E-state index contributed by atoms with van der Waals surface area (Å²) < 4.78 is 10.7. The molecule has 1 aliphatic rings. The van der Waals surface area contributed by atoms with Gasteiger partial charge in [-0.05, 0) is 18.2 Å². The van der Waals surface area contributed by atoms with Crippen LogP contribution in [0.2, 0.25) is 5.02 Å². The van der Waals surface area contributed by atoms with Crippen LogP contribution in [0.15, 0.2) is 18.2 Å². The molecule has 0 atom stereocenters. The molecular weight excluding hydrogens is 346 g/mol. The Hall–Kier alpha value is -2.82. The molecule has 130 valence electrons. The number of aromatic nitrogens is 1. The Bertz CT molecular complexity index is 834. The van der Waals surface area contributed by atoms with Crippen molar-refractivity contribution in [3.63, 3.8) is 0 Å². The van der Waals surface area contributed by atoms with Gasteiger partial charge in [-0.1, -0.05) is 11.6 Å². The summed E-state index contributed by atoms with van der Waals surface area (Å²) in [5.41, 5.74) is 9.47. The number of fused-ring (bicyclic) bond motifs is 1. The molecule has 1 aromatic heterocycles. The van der Waals surface area contributed by atoms with E-state index in [1.807, 2.05) is 6.07 Å². The number of benzene rings is 1. The summed E-state index contributed by atoms with van der Waals surface area (Å²) in [5.74, 6) is 0.879. The van der Waals surface area contributed by atoms with E-state index in [1.165, 1.54) is 0 Å². The fourth-order valence-electron chi connectivity index (χ4n) is 2.63. The molecule has 1 aliphatic heterocycles. The summed E-state index contributed by atoms with van der Waals surface area (Å²) in [6.07, 6.45) is 0.673. The zero-order chi connectivity index (χ0) is 18.4. The molecule has 0 amide bonds. The maximum atomic E-state index is 9.48. The minimum Gasteiger partial charge on any atom is -0.497 e. The first-order valence-corrected chi connectivity index (χ1v) is 7.66. The van der Waals surface area contributed by atoms with Crippen LogP contribution in [0.5, 0.6) is 5.75 Å². The van der Waals surface area contributed by atoms with Crippen molar-refractivity contribution < 1.29 is 19.4 Å². The molecule has 0 aliphatic carbocycles. The second-order valence-corrected chi connectivity index (χ2v) is 5.45. The van der Waals surface area contributed by atoms with Crippen molar-refractivity contribution in [1.82, 2.24) is 4.98 Å². The first-order valence-electron chi connectivity index (χ1n) is 7.28. The third-order valence-corrected chi connectivity index (χ3v) is 4.01. The number of anilines is 1. The van der Waals surface area contributed by atoms with Gasteiger partial charge in [-0.2, -0.15) is 5.26 Å². The molecular formula is C17H16ClN3O4. The van der Waals surface area contributed by atoms with E-state index < -0.39 is 0 Å². The Balaban J connectivity index is 0.000000701. The van der Waals surface area contributed by atoms with Gasteiger partial charge in [0.15, 0.2) is 0 Å². The number of halogens is 1. The average molecular weight is 362 g/mol. The highest BCUT2D eigenvalue weighted by atomic mass is 35.5. The Morgan fingerprint density at radius 3 is 2.84 bits per heavy atom. The van der Waals surface area contributed by atoms with Gasteiger partial charge in [0.2, 0.25) is 0 Å². The van der Waals surface area contributed by atoms with Crippen molar-refractivity contribution in [2.24, 2.45) is 0 Å². The quantitative estimate of drug-likeness (QED) is 0.789. The van der Waals surface area contributed by atoms with Crippen molar-refractivity contribution in [2.75, 3.05) is 19.5 Å². The molecule has 7 nitrogen and oxygen atoms in total. The zero-order valence-corrected chi connectivity index (χ0v) is 14.2. The van der Waals surface area contributed by atoms with Crippen LogP contribution in [0.1, 0.15) is 16.8 Å². The molecule has 25 heavy (non-hydrogen) atoms. The smallest absolute Gasteiger partial charge is 0.290 e. The minimum atomic E-state index is -0.250. The Kier molecular flexibility index (Phi) is 6.17. The maximum absolute atomic E-state index is 9.48. The molecule has 0 fully saturated rings. The number of carbonyl (C=O) groups is 1. The molecule has 0 radical (unpaired) electrons. The van der Waals surface area contributed by atoms with Crippen LogP contribution in [0, 0.1) is 11.3 Å². The summed E-state index contributed by atoms with van der Waals surface area (Å²) in [5, 5.41) is 16.9. The molecule has 2 heterocycles. The molecule has 0 saturated carbocycles. The third-order valence-electron chi connectivity index (χ3n) is 3.70. The molecule has 2 aromatic rings. The lowest BCUT2D eigenvalue weighted by molar-refractivity contribution is -0.122. The highest BCUT2D eigenvalue weighted by Gasteiger charge is 2.23. The molecule has 0 spiro atoms. The van der Waals surface area contributed by atoms with Gasteiger partial charge in [-0.15, -0.1) is 0 Å². The second kappa shape index (κ2) is 8.33. The van der Waals surface area contributed by atoms with Gasteiger partial charge in [-0.3, -0.25) is 4.79 Å². The number of methoxy groups -OCH3 is 1. The third kappa shape index (κ3) is 3.82. The Morgan fingerprint density at radius 2 is 2.24 bits per heavy atom. The second-order valence-electron chi connectivity index (χ2n) is 5.04. The van der Waals surface area contributed by atoms with E-state index in [1.54, 1.807) is 19.2 Å². The number of pyridine rings is 1. The number of rotatable bonds is 2. The highest BCUT2D eigenvalue weighted by Crippen LogP contribution is 2.39. The monoisotopic (exact) mass is 361 g/mol. The molecule has 0 unspecified atom stereocenters. The van der Waals surface area contributed by atoms with E-state index in [0.29, 0.717) is 41.5 Å². The van der Waals surface area contributed by atoms with Crippen LogP contribution < -0.4 is 10.5 Å². The van der Waals surface area contributed by atoms with Crippen LogP contribution in [0.25, 0.3) is 11.1 Å². The van der Waals surface area contributed by atoms with Crippen molar-refractivity contribution in [2.45, 2.75) is 13.0 Å². The topological polar surface area (TPSA) is 118 Å². The van der Waals surface area contributed by atoms with E-state index >= 15 is 0 Å². The van der Waals surface area contributed by atoms with Crippen molar-refractivity contribution in [3.05, 3.63) is 40.0 Å². The molecule has 0 bridgehead atoms. The van der Waals surface area contributed by atoms with Crippen molar-refractivity contribution >= 4 is 23.9 Å². The first-order chi connectivity index (χ1) is 12.1. The fraction of sp³-hybridized carbons (Fsp3) is 0.235. The highest BCUT2D eigenvalue weighted by molar-refractivity contribution is 6.33. The van der Waals surface area contributed by atoms with Gasteiger partial charge in [0.1, 0.15) is 23.2 Å². The number of nitrogens with two attached hydrogens (primary N) is 1. The minimum absolute atomic E-state index is 0.227. The SMILES string of the molecule is COc1ccc(-c2c(C#N)c(N)nc3c2COCC3)c(Cl)c1.O=CO. The summed E-state index contributed by atoms with van der Waals surface area (Å²) in [6, 6.07) is 7.47. The number of carboxylic acid groups (broad SMARTS) is 1. The fourth-order valence-corrected chi connectivity index (χ4v) is 2.90. The van der Waals surface area contributed by atoms with Gasteiger partial charge < -0.3 is 20.3 Å². The Morgan fingerprint density at radius 1 is 1.52 bits per heavy atom. The summed E-state index contributed by atoms with van der Waals surface area (Å²) in [6.45, 7) is 0.746.